The molecule has 0 spiro atoms. The summed E-state index contributed by atoms with van der Waals surface area (Å²) in [5, 5.41) is 2.70. The average molecular weight is 407 g/mol. The van der Waals surface area contributed by atoms with Gasteiger partial charge in [-0.1, -0.05) is 19.1 Å². The van der Waals surface area contributed by atoms with E-state index >= 15 is 0 Å². The van der Waals surface area contributed by atoms with E-state index in [2.05, 4.69) is 9.71 Å². The maximum Gasteiger partial charge on any atom is 0.329 e. The van der Waals surface area contributed by atoms with Crippen LogP contribution in [0.4, 0.5) is 0 Å². The third kappa shape index (κ3) is 4.04. The van der Waals surface area contributed by atoms with E-state index in [4.69, 9.17) is 4.74 Å². The average Bonchev–Trinajstić information content (AvgIpc) is 2.97. The molecule has 1 saturated heterocycles. The van der Waals surface area contributed by atoms with Crippen LogP contribution in [0, 0.1) is 0 Å². The number of benzene rings is 1. The highest BCUT2D eigenvalue weighted by Crippen LogP contribution is 2.31. The van der Waals surface area contributed by atoms with Crippen molar-refractivity contribution in [1.82, 2.24) is 10.2 Å². The van der Waals surface area contributed by atoms with Crippen LogP contribution in [0.2, 0.25) is 0 Å². The summed E-state index contributed by atoms with van der Waals surface area (Å²) in [6.45, 7) is 4.48. The first kappa shape index (κ1) is 20.3. The first-order valence-electron chi connectivity index (χ1n) is 9.54. The van der Waals surface area contributed by atoms with Crippen molar-refractivity contribution in [3.05, 3.63) is 29.8 Å². The van der Waals surface area contributed by atoms with Gasteiger partial charge in [0.05, 0.1) is 0 Å². The second-order valence-corrected chi connectivity index (χ2v) is 8.53. The second-order valence-electron chi connectivity index (χ2n) is 6.96. The Hall–Kier alpha value is -2.42. The molecule has 2 atom stereocenters. The molecule has 8 nitrogen and oxygen atoms in total. The fourth-order valence-corrected chi connectivity index (χ4v) is 4.64. The summed E-state index contributed by atoms with van der Waals surface area (Å²) >= 11 is 0. The Morgan fingerprint density at radius 3 is 2.82 bits per heavy atom. The molecule has 0 unspecified atom stereocenters. The van der Waals surface area contributed by atoms with Crippen molar-refractivity contribution in [2.45, 2.75) is 56.6 Å². The van der Waals surface area contributed by atoms with Gasteiger partial charge < -0.3 is 15.0 Å². The monoisotopic (exact) mass is 407 g/mol. The van der Waals surface area contributed by atoms with Crippen molar-refractivity contribution in [3.8, 4) is 0 Å². The zero-order valence-electron chi connectivity index (χ0n) is 16.1. The smallest absolute Gasteiger partial charge is 0.329 e. The molecule has 9 heteroatoms. The van der Waals surface area contributed by atoms with Gasteiger partial charge in [0.15, 0.2) is 11.9 Å². The lowest BCUT2D eigenvalue weighted by molar-refractivity contribution is -0.159. The van der Waals surface area contributed by atoms with Gasteiger partial charge in [0.2, 0.25) is 0 Å². The van der Waals surface area contributed by atoms with Gasteiger partial charge in [-0.05, 0) is 44.7 Å². The van der Waals surface area contributed by atoms with Gasteiger partial charge in [-0.25, -0.2) is 4.79 Å². The number of hydrogen-bond donors (Lipinski definition) is 1. The molecule has 0 aromatic heterocycles. The molecule has 0 bridgehead atoms. The Labute approximate surface area is 165 Å². The van der Waals surface area contributed by atoms with Crippen molar-refractivity contribution in [2.24, 2.45) is 4.40 Å². The van der Waals surface area contributed by atoms with Crippen molar-refractivity contribution in [1.29, 1.82) is 0 Å². The van der Waals surface area contributed by atoms with Gasteiger partial charge in [0.25, 0.3) is 15.9 Å². The van der Waals surface area contributed by atoms with Gasteiger partial charge in [-0.15, -0.1) is 4.40 Å². The summed E-state index contributed by atoms with van der Waals surface area (Å²) in [6.07, 6.45) is 2.02. The van der Waals surface area contributed by atoms with Crippen LogP contribution in [-0.4, -0.2) is 56.3 Å². The number of amides is 1. The van der Waals surface area contributed by atoms with Gasteiger partial charge in [-0.2, -0.15) is 8.42 Å². The van der Waals surface area contributed by atoms with E-state index in [1.807, 2.05) is 6.92 Å². The first-order chi connectivity index (χ1) is 13.3. The van der Waals surface area contributed by atoms with E-state index in [0.29, 0.717) is 25.1 Å². The summed E-state index contributed by atoms with van der Waals surface area (Å²) in [7, 11) is -3.77. The predicted octanol–water partition coefficient (Wildman–Crippen LogP) is 1.45. The second kappa shape index (κ2) is 8.30. The molecule has 0 radical (unpaired) electrons. The van der Waals surface area contributed by atoms with Crippen LogP contribution >= 0.6 is 0 Å². The molecular formula is C19H25N3O5S. The van der Waals surface area contributed by atoms with Crippen LogP contribution in [0.1, 0.15) is 45.1 Å². The summed E-state index contributed by atoms with van der Waals surface area (Å²) in [5.41, 5.74) is 0.496. The number of piperidine rings is 1. The minimum Gasteiger partial charge on any atom is -0.451 e. The zero-order valence-corrected chi connectivity index (χ0v) is 16.9. The normalized spacial score (nSPS) is 21.4. The Morgan fingerprint density at radius 2 is 2.07 bits per heavy atom. The standard InChI is InChI=1S/C19H25N3O5S/c1-3-11-20-18(23)13(2)27-19(24)15-9-6-7-12-22(15)17-14-8-4-5-10-16(14)28(25,26)21-17/h4-5,8,10,13,15H,3,6-7,9,11-12H2,1-2H3,(H,20,23)/t13-,15+/m1/s1. The van der Waals surface area contributed by atoms with Crippen LogP contribution in [-0.2, 0) is 24.3 Å². The van der Waals surface area contributed by atoms with Gasteiger partial charge >= 0.3 is 5.97 Å². The summed E-state index contributed by atoms with van der Waals surface area (Å²) in [6, 6.07) is 5.92. The minimum atomic E-state index is -3.77. The molecule has 1 aromatic rings. The molecule has 1 fully saturated rings. The Balaban J connectivity index is 1.80. The quantitative estimate of drug-likeness (QED) is 0.741. The fraction of sp³-hybridized carbons (Fsp3) is 0.526. The van der Waals surface area contributed by atoms with Gasteiger partial charge in [0, 0.05) is 18.7 Å². The summed E-state index contributed by atoms with van der Waals surface area (Å²) < 4.78 is 34.0. The highest BCUT2D eigenvalue weighted by atomic mass is 32.2. The highest BCUT2D eigenvalue weighted by Gasteiger charge is 2.39. The third-order valence-corrected chi connectivity index (χ3v) is 6.20. The molecule has 2 heterocycles. The lowest BCUT2D eigenvalue weighted by Crippen LogP contribution is -2.50. The largest absolute Gasteiger partial charge is 0.451 e. The minimum absolute atomic E-state index is 0.148. The summed E-state index contributed by atoms with van der Waals surface area (Å²) in [5.74, 6) is -0.604. The molecular weight excluding hydrogens is 382 g/mol. The van der Waals surface area contributed by atoms with Crippen molar-refractivity contribution >= 4 is 27.7 Å². The molecule has 1 aromatic carbocycles. The fourth-order valence-electron chi connectivity index (χ4n) is 3.42. The number of rotatable bonds is 5. The lowest BCUT2D eigenvalue weighted by Gasteiger charge is -2.35. The van der Waals surface area contributed by atoms with Crippen LogP contribution in [0.25, 0.3) is 0 Å². The number of likely N-dealkylation sites (tertiary alicyclic amines) is 1. The number of carbonyl (C=O) groups excluding carboxylic acids is 2. The van der Waals surface area contributed by atoms with Crippen molar-refractivity contribution in [3.63, 3.8) is 0 Å². The summed E-state index contributed by atoms with van der Waals surface area (Å²) in [4.78, 5) is 26.6. The number of sulfonamides is 1. The molecule has 0 saturated carbocycles. The number of nitrogens with one attached hydrogen (secondary N) is 1. The SMILES string of the molecule is CCCNC(=O)[C@@H](C)OC(=O)[C@@H]1CCCCN1C1=NS(=O)(=O)c2ccccc21. The third-order valence-electron chi connectivity index (χ3n) is 4.87. The number of nitrogens with zero attached hydrogens (tertiary/aromatic N) is 2. The Kier molecular flexibility index (Phi) is 6.02. The zero-order chi connectivity index (χ0) is 20.3. The first-order valence-corrected chi connectivity index (χ1v) is 11.0. The van der Waals surface area contributed by atoms with Crippen LogP contribution in [0.3, 0.4) is 0 Å². The van der Waals surface area contributed by atoms with Crippen LogP contribution < -0.4 is 5.32 Å². The van der Waals surface area contributed by atoms with Crippen molar-refractivity contribution in [2.75, 3.05) is 13.1 Å². The van der Waals surface area contributed by atoms with E-state index in [1.54, 1.807) is 23.1 Å². The Morgan fingerprint density at radius 1 is 1.32 bits per heavy atom. The maximum absolute atomic E-state index is 12.8. The number of amidine groups is 1. The van der Waals surface area contributed by atoms with Crippen LogP contribution in [0.5, 0.6) is 0 Å². The van der Waals surface area contributed by atoms with E-state index in [-0.39, 0.29) is 16.6 Å². The molecule has 2 aliphatic rings. The molecule has 152 valence electrons. The van der Waals surface area contributed by atoms with E-state index in [0.717, 1.165) is 19.3 Å². The lowest BCUT2D eigenvalue weighted by atomic mass is 10.0. The number of carbonyl (C=O) groups is 2. The predicted molar refractivity (Wildman–Crippen MR) is 103 cm³/mol. The number of ether oxygens (including phenoxy) is 1. The molecule has 3 rings (SSSR count). The topological polar surface area (TPSA) is 105 Å². The van der Waals surface area contributed by atoms with Gasteiger partial charge in [0.1, 0.15) is 10.9 Å². The van der Waals surface area contributed by atoms with Gasteiger partial charge in [-0.3, -0.25) is 4.79 Å². The molecule has 1 amide bonds. The van der Waals surface area contributed by atoms with Crippen LogP contribution in [0.15, 0.2) is 33.6 Å². The highest BCUT2D eigenvalue weighted by molar-refractivity contribution is 7.90. The van der Waals surface area contributed by atoms with E-state index < -0.39 is 28.1 Å². The number of hydrogen-bond acceptors (Lipinski definition) is 6. The Bertz CT molecular complexity index is 897. The number of esters is 1. The maximum atomic E-state index is 12.8. The number of fused-ring (bicyclic) bond motifs is 1. The van der Waals surface area contributed by atoms with E-state index in [1.165, 1.54) is 13.0 Å². The molecule has 1 N–H and O–H groups in total. The molecule has 0 aliphatic carbocycles. The van der Waals surface area contributed by atoms with Crippen molar-refractivity contribution < 1.29 is 22.7 Å². The van der Waals surface area contributed by atoms with E-state index in [9.17, 15) is 18.0 Å². The molecule has 28 heavy (non-hydrogen) atoms. The molecule has 2 aliphatic heterocycles.